The number of methoxy groups -OCH3 is 1. The summed E-state index contributed by atoms with van der Waals surface area (Å²) in [4.78, 5) is 21.6. The lowest BCUT2D eigenvalue weighted by molar-refractivity contribution is 0.389. The van der Waals surface area contributed by atoms with Crippen molar-refractivity contribution in [3.05, 3.63) is 98.8 Å². The van der Waals surface area contributed by atoms with E-state index in [-0.39, 0.29) is 11.4 Å². The van der Waals surface area contributed by atoms with Crippen LogP contribution in [0.1, 0.15) is 41.6 Å². The van der Waals surface area contributed by atoms with Gasteiger partial charge in [-0.3, -0.25) is 9.36 Å². The molecule has 1 aliphatic heterocycles. The Morgan fingerprint density at radius 2 is 1.98 bits per heavy atom. The van der Waals surface area contributed by atoms with Crippen LogP contribution in [0.2, 0.25) is 0 Å². The van der Waals surface area contributed by atoms with Crippen LogP contribution in [0.25, 0.3) is 33.2 Å². The molecule has 0 amide bonds. The van der Waals surface area contributed by atoms with Crippen LogP contribution in [0.4, 0.5) is 0 Å². The van der Waals surface area contributed by atoms with E-state index < -0.39 is 5.92 Å². The van der Waals surface area contributed by atoms with Crippen molar-refractivity contribution in [2.45, 2.75) is 32.6 Å². The molecule has 0 spiro atoms. The first-order valence-electron chi connectivity index (χ1n) is 13.2. The molecule has 0 saturated carbocycles. The fourth-order valence-corrected chi connectivity index (χ4v) is 5.82. The Morgan fingerprint density at radius 1 is 1.18 bits per heavy atom. The number of nitrogens with zero attached hydrogens (tertiary/aromatic N) is 3. The maximum Gasteiger partial charge on any atom is 0.261 e. The van der Waals surface area contributed by atoms with Gasteiger partial charge in [-0.05, 0) is 66.9 Å². The summed E-state index contributed by atoms with van der Waals surface area (Å²) < 4.78 is 13.3. The topological polar surface area (TPSA) is 119 Å². The Balaban J connectivity index is 1.68. The van der Waals surface area contributed by atoms with Crippen molar-refractivity contribution in [3.63, 3.8) is 0 Å². The van der Waals surface area contributed by atoms with E-state index in [2.05, 4.69) is 18.0 Å². The number of benzene rings is 3. The highest BCUT2D eigenvalue weighted by molar-refractivity contribution is 5.89. The molecule has 0 radical (unpaired) electrons. The molecule has 8 nitrogen and oxygen atoms in total. The normalized spacial score (nSPS) is 14.7. The number of nitriles is 1. The van der Waals surface area contributed by atoms with Crippen molar-refractivity contribution >= 4 is 21.8 Å². The summed E-state index contributed by atoms with van der Waals surface area (Å²) in [5, 5.41) is 11.8. The van der Waals surface area contributed by atoms with Crippen molar-refractivity contribution in [1.82, 2.24) is 14.5 Å². The fourth-order valence-electron chi connectivity index (χ4n) is 5.82. The van der Waals surface area contributed by atoms with Crippen LogP contribution in [0, 0.1) is 18.3 Å². The van der Waals surface area contributed by atoms with Crippen molar-refractivity contribution in [1.29, 1.82) is 5.26 Å². The summed E-state index contributed by atoms with van der Waals surface area (Å²) in [5.74, 6) is 1.50. The molecular weight excluding hydrogens is 502 g/mol. The third-order valence-electron chi connectivity index (χ3n) is 7.68. The van der Waals surface area contributed by atoms with E-state index in [4.69, 9.17) is 20.2 Å². The standard InChI is InChI=1S/C32H29N5O3/c1-5-8-18-13-19(31-36-25-10-7-6-9-21(25)32(38)37(31)3)14-23-28(24(16-33)30(34)40-29(18)23)27-17(2)35-26-12-11-20(39-4)15-22(26)27/h6-7,9-15,28,35H,5,8,34H2,1-4H3. The zero-order valence-electron chi connectivity index (χ0n) is 22.8. The van der Waals surface area contributed by atoms with Gasteiger partial charge in [-0.2, -0.15) is 5.26 Å². The van der Waals surface area contributed by atoms with Crippen molar-refractivity contribution < 1.29 is 9.47 Å². The molecule has 0 fully saturated rings. The molecule has 1 unspecified atom stereocenters. The number of aromatic amines is 1. The van der Waals surface area contributed by atoms with Crippen LogP contribution in [0.15, 0.2) is 70.8 Å². The molecule has 2 aromatic heterocycles. The van der Waals surface area contributed by atoms with Crippen LogP contribution in [-0.4, -0.2) is 21.6 Å². The molecule has 0 bridgehead atoms. The van der Waals surface area contributed by atoms with E-state index in [1.54, 1.807) is 24.8 Å². The lowest BCUT2D eigenvalue weighted by Gasteiger charge is -2.29. The molecule has 200 valence electrons. The average molecular weight is 532 g/mol. The highest BCUT2D eigenvalue weighted by Crippen LogP contribution is 2.48. The van der Waals surface area contributed by atoms with Crippen LogP contribution in [-0.2, 0) is 13.5 Å². The number of aryl methyl sites for hydroxylation is 2. The number of rotatable bonds is 5. The Kier molecular flexibility index (Phi) is 6.07. The predicted molar refractivity (Wildman–Crippen MR) is 155 cm³/mol. The predicted octanol–water partition coefficient (Wildman–Crippen LogP) is 5.57. The van der Waals surface area contributed by atoms with E-state index in [9.17, 15) is 10.1 Å². The molecule has 0 saturated heterocycles. The quantitative estimate of drug-likeness (QED) is 0.306. The number of nitrogens with one attached hydrogen (secondary N) is 1. The molecular formula is C32H29N5O3. The van der Waals surface area contributed by atoms with Gasteiger partial charge in [-0.25, -0.2) is 4.98 Å². The first-order chi connectivity index (χ1) is 19.4. The molecule has 3 aromatic carbocycles. The van der Waals surface area contributed by atoms with Gasteiger partial charge in [-0.1, -0.05) is 25.5 Å². The number of hydrogen-bond donors (Lipinski definition) is 2. The minimum absolute atomic E-state index is 0.0954. The van der Waals surface area contributed by atoms with E-state index in [0.717, 1.165) is 51.7 Å². The van der Waals surface area contributed by atoms with Crippen LogP contribution in [0.5, 0.6) is 11.5 Å². The minimum atomic E-state index is -0.498. The van der Waals surface area contributed by atoms with Gasteiger partial charge < -0.3 is 20.2 Å². The second-order valence-electron chi connectivity index (χ2n) is 10.1. The van der Waals surface area contributed by atoms with Gasteiger partial charge in [0.05, 0.1) is 23.9 Å². The number of aromatic nitrogens is 3. The number of hydrogen-bond acceptors (Lipinski definition) is 6. The third-order valence-corrected chi connectivity index (χ3v) is 7.68. The van der Waals surface area contributed by atoms with Gasteiger partial charge in [0.25, 0.3) is 5.56 Å². The molecule has 3 N–H and O–H groups in total. The Morgan fingerprint density at radius 3 is 2.73 bits per heavy atom. The van der Waals surface area contributed by atoms with Gasteiger partial charge in [0.15, 0.2) is 0 Å². The van der Waals surface area contributed by atoms with Crippen LogP contribution in [0.3, 0.4) is 0 Å². The Bertz CT molecular complexity index is 1960. The molecule has 1 aliphatic rings. The molecule has 8 heteroatoms. The highest BCUT2D eigenvalue weighted by Gasteiger charge is 2.35. The number of allylic oxidation sites excluding steroid dienone is 1. The van der Waals surface area contributed by atoms with Gasteiger partial charge in [0.2, 0.25) is 5.88 Å². The number of ether oxygens (including phenoxy) is 2. The Hall–Kier alpha value is -5.03. The summed E-state index contributed by atoms with van der Waals surface area (Å²) in [6.45, 7) is 4.09. The first-order valence-corrected chi connectivity index (χ1v) is 13.2. The zero-order chi connectivity index (χ0) is 28.1. The van der Waals surface area contributed by atoms with Gasteiger partial charge in [0, 0.05) is 34.8 Å². The molecule has 1 atom stereocenters. The maximum absolute atomic E-state index is 13.3. The second kappa shape index (κ2) is 9.62. The summed E-state index contributed by atoms with van der Waals surface area (Å²) in [5.41, 5.74) is 12.6. The monoisotopic (exact) mass is 531 g/mol. The van der Waals surface area contributed by atoms with Gasteiger partial charge >= 0.3 is 0 Å². The highest BCUT2D eigenvalue weighted by atomic mass is 16.5. The van der Waals surface area contributed by atoms with E-state index in [1.165, 1.54) is 0 Å². The number of nitrogens with two attached hydrogens (primary N) is 1. The maximum atomic E-state index is 13.3. The summed E-state index contributed by atoms with van der Waals surface area (Å²) >= 11 is 0. The van der Waals surface area contributed by atoms with Crippen LogP contribution < -0.4 is 20.8 Å². The summed E-state index contributed by atoms with van der Waals surface area (Å²) in [6.07, 6.45) is 1.59. The first kappa shape index (κ1) is 25.3. The SMILES string of the molecule is CCCc1cc(-c2nc3ccccc3c(=O)n2C)cc2c1OC(N)=C(C#N)C2c1c(C)[nH]c2ccc(OC)cc12. The summed E-state index contributed by atoms with van der Waals surface area (Å²) in [7, 11) is 3.37. The van der Waals surface area contributed by atoms with Crippen molar-refractivity contribution in [2.24, 2.45) is 12.8 Å². The van der Waals surface area contributed by atoms with Crippen molar-refractivity contribution in [3.8, 4) is 29.0 Å². The van der Waals surface area contributed by atoms with Crippen molar-refractivity contribution in [2.75, 3.05) is 7.11 Å². The van der Waals surface area contributed by atoms with Gasteiger partial charge in [-0.15, -0.1) is 0 Å². The average Bonchev–Trinajstić information content (AvgIpc) is 3.29. The van der Waals surface area contributed by atoms with Crippen LogP contribution >= 0.6 is 0 Å². The second-order valence-corrected chi connectivity index (χ2v) is 10.1. The molecule has 5 aromatic rings. The van der Waals surface area contributed by atoms with E-state index in [1.807, 2.05) is 55.5 Å². The molecule has 6 rings (SSSR count). The molecule has 40 heavy (non-hydrogen) atoms. The summed E-state index contributed by atoms with van der Waals surface area (Å²) in [6, 6.07) is 19.5. The smallest absolute Gasteiger partial charge is 0.261 e. The molecule has 3 heterocycles. The lowest BCUT2D eigenvalue weighted by atomic mass is 9.80. The molecule has 0 aliphatic carbocycles. The van der Waals surface area contributed by atoms with Gasteiger partial charge in [0.1, 0.15) is 29.0 Å². The third kappa shape index (κ3) is 3.82. The minimum Gasteiger partial charge on any atom is -0.497 e. The largest absolute Gasteiger partial charge is 0.497 e. The van der Waals surface area contributed by atoms with E-state index in [0.29, 0.717) is 33.8 Å². The fraction of sp³-hybridized carbons (Fsp3) is 0.219. The van der Waals surface area contributed by atoms with E-state index >= 15 is 0 Å². The number of fused-ring (bicyclic) bond motifs is 3. The Labute approximate surface area is 231 Å². The number of para-hydroxylation sites is 1. The lowest BCUT2D eigenvalue weighted by Crippen LogP contribution is -2.23. The zero-order valence-corrected chi connectivity index (χ0v) is 22.8. The number of H-pyrrole nitrogens is 1.